The first-order valence-electron chi connectivity index (χ1n) is 6.73. The van der Waals surface area contributed by atoms with Crippen LogP contribution in [0.3, 0.4) is 0 Å². The van der Waals surface area contributed by atoms with Crippen LogP contribution in [0.25, 0.3) is 0 Å². The quantitative estimate of drug-likeness (QED) is 0.766. The fourth-order valence-corrected chi connectivity index (χ4v) is 1.98. The number of benzene rings is 1. The minimum Gasteiger partial charge on any atom is -0.492 e. The molecule has 0 heterocycles. The molecule has 102 valence electrons. The minimum absolute atomic E-state index is 0.417. The van der Waals surface area contributed by atoms with Crippen LogP contribution in [0.4, 0.5) is 0 Å². The van der Waals surface area contributed by atoms with Gasteiger partial charge in [-0.25, -0.2) is 0 Å². The Bertz CT molecular complexity index is 324. The van der Waals surface area contributed by atoms with Crippen molar-refractivity contribution in [2.45, 2.75) is 39.7 Å². The van der Waals surface area contributed by atoms with Gasteiger partial charge in [0.2, 0.25) is 0 Å². The molecule has 0 bridgehead atoms. The van der Waals surface area contributed by atoms with Crippen molar-refractivity contribution < 1.29 is 4.74 Å². The summed E-state index contributed by atoms with van der Waals surface area (Å²) in [5, 5.41) is 4.27. The smallest absolute Gasteiger partial charge is 0.119 e. The molecule has 1 rings (SSSR count). The summed E-state index contributed by atoms with van der Waals surface area (Å²) < 4.78 is 5.80. The average Bonchev–Trinajstić information content (AvgIpc) is 2.34. The number of rotatable bonds is 8. The van der Waals surface area contributed by atoms with E-state index in [9.17, 15) is 0 Å². The predicted molar refractivity (Wildman–Crippen MR) is 78.5 cm³/mol. The lowest BCUT2D eigenvalue weighted by Crippen LogP contribution is -2.36. The Kier molecular flexibility index (Phi) is 7.14. The van der Waals surface area contributed by atoms with E-state index < -0.39 is 0 Å². The lowest BCUT2D eigenvalue weighted by atomic mass is 10.0. The van der Waals surface area contributed by atoms with E-state index in [1.807, 2.05) is 24.3 Å². The summed E-state index contributed by atoms with van der Waals surface area (Å²) in [6, 6.07) is 7.95. The SMILES string of the molecule is CCCNC(COc1ccc(Cl)cc1)CC(C)C. The zero-order chi connectivity index (χ0) is 13.4. The molecule has 0 fully saturated rings. The molecule has 2 nitrogen and oxygen atoms in total. The normalized spacial score (nSPS) is 12.7. The van der Waals surface area contributed by atoms with Gasteiger partial charge in [0, 0.05) is 11.1 Å². The van der Waals surface area contributed by atoms with Crippen LogP contribution in [0.15, 0.2) is 24.3 Å². The highest BCUT2D eigenvalue weighted by Gasteiger charge is 2.10. The largest absolute Gasteiger partial charge is 0.492 e. The standard InChI is InChI=1S/C15H24ClNO/c1-4-9-17-14(10-12(2)3)11-18-15-7-5-13(16)6-8-15/h5-8,12,14,17H,4,9-11H2,1-3H3. The molecule has 0 aliphatic carbocycles. The number of hydrogen-bond donors (Lipinski definition) is 1. The molecule has 0 saturated heterocycles. The molecule has 0 aromatic heterocycles. The van der Waals surface area contributed by atoms with Gasteiger partial charge < -0.3 is 10.1 Å². The first-order chi connectivity index (χ1) is 8.61. The van der Waals surface area contributed by atoms with Crippen molar-refractivity contribution in [1.29, 1.82) is 0 Å². The minimum atomic E-state index is 0.417. The molecule has 3 heteroatoms. The third kappa shape index (κ3) is 6.27. The molecule has 0 amide bonds. The Morgan fingerprint density at radius 2 is 1.89 bits per heavy atom. The van der Waals surface area contributed by atoms with Crippen LogP contribution in [-0.2, 0) is 0 Å². The van der Waals surface area contributed by atoms with Gasteiger partial charge in [0.25, 0.3) is 0 Å². The van der Waals surface area contributed by atoms with Crippen molar-refractivity contribution in [3.05, 3.63) is 29.3 Å². The highest BCUT2D eigenvalue weighted by Crippen LogP contribution is 2.16. The fourth-order valence-electron chi connectivity index (χ4n) is 1.86. The van der Waals surface area contributed by atoms with Gasteiger partial charge in [-0.1, -0.05) is 32.4 Å². The first-order valence-corrected chi connectivity index (χ1v) is 7.11. The predicted octanol–water partition coefficient (Wildman–Crippen LogP) is 4.13. The monoisotopic (exact) mass is 269 g/mol. The number of halogens is 1. The summed E-state index contributed by atoms with van der Waals surface area (Å²) in [6.07, 6.45) is 2.28. The van der Waals surface area contributed by atoms with Gasteiger partial charge in [0.05, 0.1) is 0 Å². The number of ether oxygens (including phenoxy) is 1. The van der Waals surface area contributed by atoms with Gasteiger partial charge in [0.1, 0.15) is 12.4 Å². The second-order valence-electron chi connectivity index (χ2n) is 5.05. The molecular formula is C15H24ClNO. The van der Waals surface area contributed by atoms with Crippen molar-refractivity contribution in [3.8, 4) is 5.75 Å². The third-order valence-corrected chi connectivity index (χ3v) is 2.96. The van der Waals surface area contributed by atoms with Gasteiger partial charge in [0.15, 0.2) is 0 Å². The van der Waals surface area contributed by atoms with Crippen molar-refractivity contribution >= 4 is 11.6 Å². The fraction of sp³-hybridized carbons (Fsp3) is 0.600. The molecular weight excluding hydrogens is 246 g/mol. The van der Waals surface area contributed by atoms with Gasteiger partial charge in [-0.2, -0.15) is 0 Å². The van der Waals surface area contributed by atoms with Crippen LogP contribution in [0, 0.1) is 5.92 Å². The zero-order valence-electron chi connectivity index (χ0n) is 11.6. The lowest BCUT2D eigenvalue weighted by molar-refractivity contribution is 0.244. The van der Waals surface area contributed by atoms with E-state index >= 15 is 0 Å². The highest BCUT2D eigenvalue weighted by atomic mass is 35.5. The number of nitrogens with one attached hydrogen (secondary N) is 1. The Hall–Kier alpha value is -0.730. The number of hydrogen-bond acceptors (Lipinski definition) is 2. The van der Waals surface area contributed by atoms with Crippen molar-refractivity contribution in [3.63, 3.8) is 0 Å². The maximum atomic E-state index is 5.84. The molecule has 1 aromatic rings. The second kappa shape index (κ2) is 8.39. The topological polar surface area (TPSA) is 21.3 Å². The van der Waals surface area contributed by atoms with Crippen molar-refractivity contribution in [2.24, 2.45) is 5.92 Å². The molecule has 0 saturated carbocycles. The maximum Gasteiger partial charge on any atom is 0.119 e. The molecule has 1 unspecified atom stereocenters. The molecule has 1 atom stereocenters. The molecule has 1 aromatic carbocycles. The molecule has 18 heavy (non-hydrogen) atoms. The lowest BCUT2D eigenvalue weighted by Gasteiger charge is -2.21. The Labute approximate surface area is 116 Å². The van der Waals surface area contributed by atoms with E-state index in [0.717, 1.165) is 30.2 Å². The first kappa shape index (κ1) is 15.3. The van der Waals surface area contributed by atoms with Gasteiger partial charge in [-0.05, 0) is 49.6 Å². The van der Waals surface area contributed by atoms with Crippen LogP contribution >= 0.6 is 11.6 Å². The summed E-state index contributed by atoms with van der Waals surface area (Å²) in [6.45, 7) is 8.41. The van der Waals surface area contributed by atoms with Crippen LogP contribution in [-0.4, -0.2) is 19.2 Å². The van der Waals surface area contributed by atoms with Crippen LogP contribution in [0.1, 0.15) is 33.6 Å². The van der Waals surface area contributed by atoms with E-state index in [1.54, 1.807) is 0 Å². The van der Waals surface area contributed by atoms with Crippen molar-refractivity contribution in [2.75, 3.05) is 13.2 Å². The third-order valence-electron chi connectivity index (χ3n) is 2.70. The van der Waals surface area contributed by atoms with Crippen molar-refractivity contribution in [1.82, 2.24) is 5.32 Å². The molecule has 0 aliphatic heterocycles. The Morgan fingerprint density at radius 1 is 1.22 bits per heavy atom. The highest BCUT2D eigenvalue weighted by molar-refractivity contribution is 6.30. The summed E-state index contributed by atoms with van der Waals surface area (Å²) in [4.78, 5) is 0. The van der Waals surface area contributed by atoms with Crippen LogP contribution in [0.2, 0.25) is 5.02 Å². The Balaban J connectivity index is 2.42. The van der Waals surface area contributed by atoms with E-state index in [2.05, 4.69) is 26.1 Å². The van der Waals surface area contributed by atoms with Gasteiger partial charge in [-0.15, -0.1) is 0 Å². The summed E-state index contributed by atoms with van der Waals surface area (Å²) in [5.74, 6) is 1.56. The summed E-state index contributed by atoms with van der Waals surface area (Å²) in [5.41, 5.74) is 0. The zero-order valence-corrected chi connectivity index (χ0v) is 12.3. The van der Waals surface area contributed by atoms with Gasteiger partial charge >= 0.3 is 0 Å². The van der Waals surface area contributed by atoms with E-state index in [-0.39, 0.29) is 0 Å². The maximum absolute atomic E-state index is 5.84. The Morgan fingerprint density at radius 3 is 2.44 bits per heavy atom. The second-order valence-corrected chi connectivity index (χ2v) is 5.48. The van der Waals surface area contributed by atoms with E-state index in [0.29, 0.717) is 18.6 Å². The summed E-state index contributed by atoms with van der Waals surface area (Å²) in [7, 11) is 0. The molecule has 0 aliphatic rings. The van der Waals surface area contributed by atoms with Gasteiger partial charge in [-0.3, -0.25) is 0 Å². The molecule has 1 N–H and O–H groups in total. The molecule has 0 radical (unpaired) electrons. The van der Waals surface area contributed by atoms with E-state index in [1.165, 1.54) is 0 Å². The van der Waals surface area contributed by atoms with E-state index in [4.69, 9.17) is 16.3 Å². The molecule has 0 spiro atoms. The van der Waals surface area contributed by atoms with Crippen LogP contribution in [0.5, 0.6) is 5.75 Å². The average molecular weight is 270 g/mol. The van der Waals surface area contributed by atoms with Crippen LogP contribution < -0.4 is 10.1 Å². The summed E-state index contributed by atoms with van der Waals surface area (Å²) >= 11 is 5.84.